The van der Waals surface area contributed by atoms with Crippen LogP contribution in [-0.2, 0) is 0 Å². The van der Waals surface area contributed by atoms with E-state index in [4.69, 9.17) is 11.6 Å². The first-order valence-corrected chi connectivity index (χ1v) is 6.94. The number of anilines is 1. The number of hydrazone groups is 1. The molecule has 0 saturated carbocycles. The summed E-state index contributed by atoms with van der Waals surface area (Å²) < 4.78 is 13.0. The van der Waals surface area contributed by atoms with Crippen LogP contribution in [0.2, 0.25) is 5.02 Å². The van der Waals surface area contributed by atoms with Gasteiger partial charge in [0.2, 0.25) is 0 Å². The van der Waals surface area contributed by atoms with E-state index in [-0.39, 0.29) is 5.82 Å². The molecular weight excluding hydrogens is 303 g/mol. The van der Waals surface area contributed by atoms with E-state index in [1.165, 1.54) is 12.1 Å². The minimum atomic E-state index is -0.275. The maximum Gasteiger partial charge on any atom is 0.123 e. The van der Waals surface area contributed by atoms with E-state index in [9.17, 15) is 4.39 Å². The summed E-state index contributed by atoms with van der Waals surface area (Å²) in [6, 6.07) is 13.4. The summed E-state index contributed by atoms with van der Waals surface area (Å²) in [4.78, 5) is 0. The van der Waals surface area contributed by atoms with Crippen molar-refractivity contribution in [3.05, 3.63) is 71.1 Å². The maximum atomic E-state index is 13.0. The fourth-order valence-corrected chi connectivity index (χ4v) is 2.07. The highest BCUT2D eigenvalue weighted by Gasteiger charge is 2.05. The zero-order chi connectivity index (χ0) is 15.4. The van der Waals surface area contributed by atoms with Gasteiger partial charge in [0.1, 0.15) is 5.82 Å². The lowest BCUT2D eigenvalue weighted by Crippen LogP contribution is -1.91. The van der Waals surface area contributed by atoms with Crippen LogP contribution in [0.5, 0.6) is 0 Å². The van der Waals surface area contributed by atoms with Gasteiger partial charge in [0, 0.05) is 16.1 Å². The van der Waals surface area contributed by atoms with E-state index in [1.807, 2.05) is 12.1 Å². The number of hydrogen-bond donors (Lipinski definition) is 2. The molecule has 0 bridgehead atoms. The summed E-state index contributed by atoms with van der Waals surface area (Å²) in [6.45, 7) is 0. The van der Waals surface area contributed by atoms with Gasteiger partial charge in [-0.15, -0.1) is 0 Å². The van der Waals surface area contributed by atoms with Crippen LogP contribution in [0.1, 0.15) is 5.56 Å². The van der Waals surface area contributed by atoms with Crippen molar-refractivity contribution in [2.24, 2.45) is 5.10 Å². The number of aromatic nitrogens is 2. The SMILES string of the molecule is Fc1ccc(-c2[nH]ncc2C=NNc2ccc(Cl)cc2)cc1. The molecule has 0 aliphatic carbocycles. The molecule has 0 unspecified atom stereocenters. The monoisotopic (exact) mass is 314 g/mol. The van der Waals surface area contributed by atoms with E-state index in [0.717, 1.165) is 22.5 Å². The van der Waals surface area contributed by atoms with Gasteiger partial charge in [-0.25, -0.2) is 4.39 Å². The molecule has 3 rings (SSSR count). The lowest BCUT2D eigenvalue weighted by molar-refractivity contribution is 0.628. The summed E-state index contributed by atoms with van der Waals surface area (Å²) in [7, 11) is 0. The van der Waals surface area contributed by atoms with Gasteiger partial charge in [-0.2, -0.15) is 10.2 Å². The Morgan fingerprint density at radius 2 is 1.82 bits per heavy atom. The highest BCUT2D eigenvalue weighted by Crippen LogP contribution is 2.20. The van der Waals surface area contributed by atoms with Crippen LogP contribution in [0.25, 0.3) is 11.3 Å². The summed E-state index contributed by atoms with van der Waals surface area (Å²) >= 11 is 5.82. The number of H-pyrrole nitrogens is 1. The van der Waals surface area contributed by atoms with Crippen LogP contribution in [0.15, 0.2) is 59.8 Å². The van der Waals surface area contributed by atoms with Crippen molar-refractivity contribution in [1.29, 1.82) is 0 Å². The molecule has 110 valence electrons. The molecule has 0 saturated heterocycles. The zero-order valence-electron chi connectivity index (χ0n) is 11.4. The van der Waals surface area contributed by atoms with E-state index in [1.54, 1.807) is 36.7 Å². The summed E-state index contributed by atoms with van der Waals surface area (Å²) in [5.41, 5.74) is 6.15. The van der Waals surface area contributed by atoms with Crippen LogP contribution < -0.4 is 5.43 Å². The fourth-order valence-electron chi connectivity index (χ4n) is 1.94. The van der Waals surface area contributed by atoms with Crippen molar-refractivity contribution in [2.45, 2.75) is 0 Å². The minimum Gasteiger partial charge on any atom is -0.279 e. The number of halogens is 2. The van der Waals surface area contributed by atoms with Crippen LogP contribution in [-0.4, -0.2) is 16.4 Å². The van der Waals surface area contributed by atoms with Gasteiger partial charge in [-0.05, 0) is 48.5 Å². The van der Waals surface area contributed by atoms with E-state index in [2.05, 4.69) is 20.7 Å². The third-order valence-electron chi connectivity index (χ3n) is 3.04. The summed E-state index contributed by atoms with van der Waals surface area (Å²) in [6.07, 6.45) is 3.31. The molecular formula is C16H12ClFN4. The average molecular weight is 315 g/mol. The zero-order valence-corrected chi connectivity index (χ0v) is 12.2. The highest BCUT2D eigenvalue weighted by atomic mass is 35.5. The Morgan fingerprint density at radius 3 is 2.55 bits per heavy atom. The maximum absolute atomic E-state index is 13.0. The molecule has 1 aromatic heterocycles. The molecule has 1 heterocycles. The predicted octanol–water partition coefficient (Wildman–Crippen LogP) is 4.32. The van der Waals surface area contributed by atoms with Crippen molar-refractivity contribution >= 4 is 23.5 Å². The molecule has 0 aliphatic rings. The third kappa shape index (κ3) is 3.32. The number of hydrogen-bond acceptors (Lipinski definition) is 3. The van der Waals surface area contributed by atoms with Crippen LogP contribution in [0.3, 0.4) is 0 Å². The average Bonchev–Trinajstić information content (AvgIpc) is 2.98. The number of rotatable bonds is 4. The molecule has 0 aliphatic heterocycles. The number of benzene rings is 2. The van der Waals surface area contributed by atoms with Crippen molar-refractivity contribution in [3.63, 3.8) is 0 Å². The predicted molar refractivity (Wildman–Crippen MR) is 86.7 cm³/mol. The Labute approximate surface area is 131 Å². The fraction of sp³-hybridized carbons (Fsp3) is 0. The largest absolute Gasteiger partial charge is 0.279 e. The molecule has 6 heteroatoms. The molecule has 0 amide bonds. The molecule has 4 nitrogen and oxygen atoms in total. The summed E-state index contributed by atoms with van der Waals surface area (Å²) in [5, 5.41) is 11.7. The molecule has 22 heavy (non-hydrogen) atoms. The van der Waals surface area contributed by atoms with Gasteiger partial charge in [0.15, 0.2) is 0 Å². The lowest BCUT2D eigenvalue weighted by Gasteiger charge is -2.01. The first-order chi connectivity index (χ1) is 10.7. The van der Waals surface area contributed by atoms with E-state index in [0.29, 0.717) is 5.02 Å². The second-order valence-electron chi connectivity index (χ2n) is 4.58. The normalized spacial score (nSPS) is 11.0. The Balaban J connectivity index is 1.76. The van der Waals surface area contributed by atoms with Crippen molar-refractivity contribution in [1.82, 2.24) is 10.2 Å². The molecule has 2 aromatic carbocycles. The molecule has 0 radical (unpaired) electrons. The van der Waals surface area contributed by atoms with Gasteiger partial charge in [0.25, 0.3) is 0 Å². The first kappa shape index (κ1) is 14.3. The Morgan fingerprint density at radius 1 is 1.09 bits per heavy atom. The molecule has 2 N–H and O–H groups in total. The Bertz CT molecular complexity index is 779. The number of aromatic amines is 1. The van der Waals surface area contributed by atoms with E-state index < -0.39 is 0 Å². The lowest BCUT2D eigenvalue weighted by atomic mass is 10.1. The quantitative estimate of drug-likeness (QED) is 0.557. The number of nitrogens with one attached hydrogen (secondary N) is 2. The van der Waals surface area contributed by atoms with Gasteiger partial charge in [-0.1, -0.05) is 11.6 Å². The van der Waals surface area contributed by atoms with Gasteiger partial charge in [0.05, 0.1) is 23.8 Å². The van der Waals surface area contributed by atoms with E-state index >= 15 is 0 Å². The van der Waals surface area contributed by atoms with Gasteiger partial charge in [-0.3, -0.25) is 10.5 Å². The third-order valence-corrected chi connectivity index (χ3v) is 3.30. The van der Waals surface area contributed by atoms with Crippen LogP contribution >= 0.6 is 11.6 Å². The van der Waals surface area contributed by atoms with Crippen LogP contribution in [0.4, 0.5) is 10.1 Å². The molecule has 0 spiro atoms. The second-order valence-corrected chi connectivity index (χ2v) is 5.02. The second kappa shape index (κ2) is 6.41. The summed E-state index contributed by atoms with van der Waals surface area (Å²) in [5.74, 6) is -0.275. The van der Waals surface area contributed by atoms with Crippen molar-refractivity contribution in [2.75, 3.05) is 5.43 Å². The van der Waals surface area contributed by atoms with Gasteiger partial charge >= 0.3 is 0 Å². The molecule has 0 fully saturated rings. The van der Waals surface area contributed by atoms with Crippen LogP contribution in [0, 0.1) is 5.82 Å². The smallest absolute Gasteiger partial charge is 0.123 e. The minimum absolute atomic E-state index is 0.275. The number of nitrogens with zero attached hydrogens (tertiary/aromatic N) is 2. The highest BCUT2D eigenvalue weighted by molar-refractivity contribution is 6.30. The van der Waals surface area contributed by atoms with Crippen molar-refractivity contribution in [3.8, 4) is 11.3 Å². The topological polar surface area (TPSA) is 53.1 Å². The Kier molecular flexibility index (Phi) is 4.16. The van der Waals surface area contributed by atoms with Gasteiger partial charge < -0.3 is 0 Å². The Hall–Kier alpha value is -2.66. The molecule has 0 atom stereocenters. The molecule has 3 aromatic rings. The first-order valence-electron chi connectivity index (χ1n) is 6.56. The standard InChI is InChI=1S/C16H12ClFN4/c17-13-3-7-15(8-4-13)21-19-9-12-10-20-22-16(12)11-1-5-14(18)6-2-11/h1-10,21H,(H,20,22). The van der Waals surface area contributed by atoms with Crippen molar-refractivity contribution < 1.29 is 4.39 Å².